The van der Waals surface area contributed by atoms with E-state index in [-0.39, 0.29) is 11.7 Å². The normalized spacial score (nSPS) is 18.3. The van der Waals surface area contributed by atoms with Gasteiger partial charge in [-0.3, -0.25) is 14.4 Å². The fraction of sp³-hybridized carbons (Fsp3) is 0.300. The average Bonchev–Trinajstić information content (AvgIpc) is 3.35. The fourth-order valence-electron chi connectivity index (χ4n) is 3.04. The number of para-hydroxylation sites is 1. The van der Waals surface area contributed by atoms with Crippen molar-refractivity contribution in [2.24, 2.45) is 0 Å². The third-order valence-electron chi connectivity index (χ3n) is 4.35. The van der Waals surface area contributed by atoms with E-state index in [4.69, 9.17) is 9.15 Å². The zero-order valence-corrected chi connectivity index (χ0v) is 16.7. The molecule has 0 unspecified atom stereocenters. The number of thioether (sulfide) groups is 1. The van der Waals surface area contributed by atoms with Crippen LogP contribution in [0, 0.1) is 0 Å². The standard InChI is InChI=1S/C20H20N2O6S/c1-12(23)14-6-3-4-7-15(14)21-18(25)10-28-20(26)16-11-29-19(22(16)13(2)24)17-8-5-9-27-17/h3-9,16,19H,10-11H2,1-2H3,(H,21,25)/t16-,19+/m1/s1. The number of hydrogen-bond acceptors (Lipinski definition) is 7. The van der Waals surface area contributed by atoms with Crippen molar-refractivity contribution in [2.75, 3.05) is 17.7 Å². The van der Waals surface area contributed by atoms with Gasteiger partial charge in [0.2, 0.25) is 5.91 Å². The molecule has 0 spiro atoms. The Kier molecular flexibility index (Phi) is 6.38. The van der Waals surface area contributed by atoms with E-state index in [0.717, 1.165) is 0 Å². The van der Waals surface area contributed by atoms with Crippen molar-refractivity contribution < 1.29 is 28.3 Å². The van der Waals surface area contributed by atoms with E-state index in [1.165, 1.54) is 36.8 Å². The van der Waals surface area contributed by atoms with Gasteiger partial charge in [-0.15, -0.1) is 11.8 Å². The summed E-state index contributed by atoms with van der Waals surface area (Å²) in [4.78, 5) is 49.8. The van der Waals surface area contributed by atoms with Crippen molar-refractivity contribution in [1.82, 2.24) is 4.90 Å². The minimum Gasteiger partial charge on any atom is -0.466 e. The molecule has 2 amide bonds. The summed E-state index contributed by atoms with van der Waals surface area (Å²) in [6.45, 7) is 2.24. The molecule has 8 nitrogen and oxygen atoms in total. The van der Waals surface area contributed by atoms with Crippen molar-refractivity contribution in [3.63, 3.8) is 0 Å². The molecule has 0 bridgehead atoms. The number of nitrogens with one attached hydrogen (secondary N) is 1. The van der Waals surface area contributed by atoms with Crippen LogP contribution >= 0.6 is 11.8 Å². The lowest BCUT2D eigenvalue weighted by atomic mass is 10.1. The molecule has 0 saturated carbocycles. The van der Waals surface area contributed by atoms with Gasteiger partial charge in [-0.25, -0.2) is 4.79 Å². The number of furan rings is 1. The molecule has 0 radical (unpaired) electrons. The topological polar surface area (TPSA) is 106 Å². The maximum absolute atomic E-state index is 12.5. The zero-order chi connectivity index (χ0) is 21.0. The van der Waals surface area contributed by atoms with E-state index < -0.39 is 29.9 Å². The largest absolute Gasteiger partial charge is 0.466 e. The number of anilines is 1. The SMILES string of the molecule is CC(=O)c1ccccc1NC(=O)COC(=O)[C@H]1CS[C@@H](c2ccco2)N1C(C)=O. The molecule has 1 N–H and O–H groups in total. The quantitative estimate of drug-likeness (QED) is 0.570. The Morgan fingerprint density at radius 2 is 1.93 bits per heavy atom. The third-order valence-corrected chi connectivity index (χ3v) is 5.63. The lowest BCUT2D eigenvalue weighted by molar-refractivity contribution is -0.155. The number of hydrogen-bond donors (Lipinski definition) is 1. The van der Waals surface area contributed by atoms with Crippen LogP contribution in [0.25, 0.3) is 0 Å². The van der Waals surface area contributed by atoms with Gasteiger partial charge in [-0.2, -0.15) is 0 Å². The average molecular weight is 416 g/mol. The third kappa shape index (κ3) is 4.68. The Bertz CT molecular complexity index is 927. The van der Waals surface area contributed by atoms with Gasteiger partial charge in [0.05, 0.1) is 12.0 Å². The van der Waals surface area contributed by atoms with Crippen LogP contribution in [0.1, 0.15) is 35.3 Å². The minimum absolute atomic E-state index is 0.193. The molecular weight excluding hydrogens is 396 g/mol. The molecule has 152 valence electrons. The van der Waals surface area contributed by atoms with Gasteiger partial charge < -0.3 is 19.4 Å². The van der Waals surface area contributed by atoms with Gasteiger partial charge in [0, 0.05) is 18.2 Å². The zero-order valence-electron chi connectivity index (χ0n) is 15.9. The molecule has 2 heterocycles. The summed E-state index contributed by atoms with van der Waals surface area (Å²) in [6, 6.07) is 9.20. The van der Waals surface area contributed by atoms with Crippen LogP contribution in [0.3, 0.4) is 0 Å². The second kappa shape index (κ2) is 8.95. The second-order valence-electron chi connectivity index (χ2n) is 6.40. The number of esters is 1. The van der Waals surface area contributed by atoms with Crippen molar-refractivity contribution in [3.05, 3.63) is 54.0 Å². The molecule has 1 fully saturated rings. The highest BCUT2D eigenvalue weighted by atomic mass is 32.2. The molecule has 1 aromatic carbocycles. The Balaban J connectivity index is 1.61. The molecule has 1 saturated heterocycles. The van der Waals surface area contributed by atoms with Gasteiger partial charge in [0.15, 0.2) is 12.4 Å². The number of ether oxygens (including phenoxy) is 1. The number of ketones is 1. The molecule has 3 rings (SSSR count). The van der Waals surface area contributed by atoms with Crippen molar-refractivity contribution in [2.45, 2.75) is 25.3 Å². The van der Waals surface area contributed by atoms with E-state index in [0.29, 0.717) is 22.8 Å². The lowest BCUT2D eigenvalue weighted by Crippen LogP contribution is -2.43. The molecule has 9 heteroatoms. The first-order valence-electron chi connectivity index (χ1n) is 8.89. The van der Waals surface area contributed by atoms with Crippen LogP contribution in [0.15, 0.2) is 47.1 Å². The number of benzene rings is 1. The summed E-state index contributed by atoms with van der Waals surface area (Å²) in [5.41, 5.74) is 0.712. The summed E-state index contributed by atoms with van der Waals surface area (Å²) < 4.78 is 10.5. The number of carbonyl (C=O) groups excluding carboxylic acids is 4. The minimum atomic E-state index is -0.815. The van der Waals surface area contributed by atoms with E-state index in [2.05, 4.69) is 5.32 Å². The molecular formula is C20H20N2O6S. The Morgan fingerprint density at radius 1 is 1.17 bits per heavy atom. The van der Waals surface area contributed by atoms with Crippen LogP contribution in [0.2, 0.25) is 0 Å². The summed E-state index contributed by atoms with van der Waals surface area (Å²) in [5.74, 6) is -0.830. The Labute approximate surface area is 171 Å². The Hall–Kier alpha value is -3.07. The molecule has 1 aliphatic rings. The Morgan fingerprint density at radius 3 is 2.59 bits per heavy atom. The van der Waals surface area contributed by atoms with Gasteiger partial charge in [-0.1, -0.05) is 12.1 Å². The van der Waals surface area contributed by atoms with Gasteiger partial charge in [0.1, 0.15) is 17.2 Å². The van der Waals surface area contributed by atoms with Crippen molar-refractivity contribution >= 4 is 41.0 Å². The van der Waals surface area contributed by atoms with Crippen LogP contribution in [0.4, 0.5) is 5.69 Å². The summed E-state index contributed by atoms with van der Waals surface area (Å²) in [6.07, 6.45) is 1.50. The summed E-state index contributed by atoms with van der Waals surface area (Å²) in [5, 5.41) is 2.15. The highest BCUT2D eigenvalue weighted by Crippen LogP contribution is 2.41. The predicted molar refractivity (Wildman–Crippen MR) is 106 cm³/mol. The van der Waals surface area contributed by atoms with E-state index in [1.807, 2.05) is 0 Å². The number of amides is 2. The van der Waals surface area contributed by atoms with Gasteiger partial charge in [-0.05, 0) is 31.2 Å². The molecule has 1 aromatic heterocycles. The lowest BCUT2D eigenvalue weighted by Gasteiger charge is -2.25. The highest BCUT2D eigenvalue weighted by molar-refractivity contribution is 7.99. The molecule has 2 atom stereocenters. The van der Waals surface area contributed by atoms with Gasteiger partial charge >= 0.3 is 5.97 Å². The van der Waals surface area contributed by atoms with E-state index >= 15 is 0 Å². The second-order valence-corrected chi connectivity index (χ2v) is 7.51. The maximum Gasteiger partial charge on any atom is 0.330 e. The first kappa shape index (κ1) is 20.7. The molecule has 2 aromatic rings. The summed E-state index contributed by atoms with van der Waals surface area (Å²) in [7, 11) is 0. The molecule has 29 heavy (non-hydrogen) atoms. The fourth-order valence-corrected chi connectivity index (χ4v) is 4.46. The molecule has 0 aliphatic carbocycles. The van der Waals surface area contributed by atoms with E-state index in [9.17, 15) is 19.2 Å². The van der Waals surface area contributed by atoms with Crippen molar-refractivity contribution in [1.29, 1.82) is 0 Å². The van der Waals surface area contributed by atoms with Crippen LogP contribution in [-0.4, -0.2) is 46.9 Å². The summed E-state index contributed by atoms with van der Waals surface area (Å²) >= 11 is 1.39. The van der Waals surface area contributed by atoms with Crippen LogP contribution in [0.5, 0.6) is 0 Å². The maximum atomic E-state index is 12.5. The first-order chi connectivity index (χ1) is 13.9. The monoisotopic (exact) mass is 416 g/mol. The van der Waals surface area contributed by atoms with Crippen LogP contribution in [-0.2, 0) is 19.1 Å². The predicted octanol–water partition coefficient (Wildman–Crippen LogP) is 2.63. The first-order valence-corrected chi connectivity index (χ1v) is 9.93. The van der Waals surface area contributed by atoms with Crippen molar-refractivity contribution in [3.8, 4) is 0 Å². The smallest absolute Gasteiger partial charge is 0.330 e. The number of Topliss-reactive ketones (excluding diaryl/α,β-unsaturated/α-hetero) is 1. The number of nitrogens with zero attached hydrogens (tertiary/aromatic N) is 1. The van der Waals surface area contributed by atoms with E-state index in [1.54, 1.807) is 36.4 Å². The van der Waals surface area contributed by atoms with Gasteiger partial charge in [0.25, 0.3) is 5.91 Å². The number of rotatable bonds is 6. The highest BCUT2D eigenvalue weighted by Gasteiger charge is 2.43. The number of carbonyl (C=O) groups is 4. The molecule has 1 aliphatic heterocycles. The van der Waals surface area contributed by atoms with Crippen LogP contribution < -0.4 is 5.32 Å².